The first-order chi connectivity index (χ1) is 10.7. The number of aromatic nitrogens is 1. The fourth-order valence-corrected chi connectivity index (χ4v) is 3.55. The molecule has 1 saturated heterocycles. The summed E-state index contributed by atoms with van der Waals surface area (Å²) < 4.78 is 13.3. The van der Waals surface area contributed by atoms with Gasteiger partial charge in [0.2, 0.25) is 0 Å². The topological polar surface area (TPSA) is 59.2 Å². The van der Waals surface area contributed by atoms with E-state index in [0.717, 1.165) is 30.0 Å². The molecule has 0 aliphatic carbocycles. The van der Waals surface area contributed by atoms with Crippen LogP contribution in [-0.4, -0.2) is 28.4 Å². The largest absolute Gasteiger partial charge is 0.334 e. The maximum Gasteiger partial charge on any atom is 0.273 e. The lowest BCUT2D eigenvalue weighted by Gasteiger charge is -2.24. The van der Waals surface area contributed by atoms with E-state index in [1.165, 1.54) is 23.5 Å². The fraction of sp³-hybridized carbons (Fsp3) is 0.375. The van der Waals surface area contributed by atoms with E-state index in [1.807, 2.05) is 11.0 Å². The summed E-state index contributed by atoms with van der Waals surface area (Å²) in [6.07, 6.45) is 2.59. The maximum atomic E-state index is 13.3. The van der Waals surface area contributed by atoms with E-state index in [1.54, 1.807) is 11.4 Å². The summed E-state index contributed by atoms with van der Waals surface area (Å²) in [5.41, 5.74) is 6.94. The van der Waals surface area contributed by atoms with Gasteiger partial charge in [0.05, 0.1) is 0 Å². The molecule has 1 unspecified atom stereocenters. The second kappa shape index (κ2) is 6.54. The minimum atomic E-state index is -0.236. The number of amides is 1. The van der Waals surface area contributed by atoms with Gasteiger partial charge in [-0.15, -0.1) is 11.3 Å². The van der Waals surface area contributed by atoms with Gasteiger partial charge in [0.15, 0.2) is 0 Å². The van der Waals surface area contributed by atoms with Crippen LogP contribution in [0.4, 0.5) is 4.39 Å². The molecule has 1 aromatic heterocycles. The molecule has 1 atom stereocenters. The summed E-state index contributed by atoms with van der Waals surface area (Å²) in [7, 11) is 0. The average Bonchev–Trinajstić information content (AvgIpc) is 3.15. The summed E-state index contributed by atoms with van der Waals surface area (Å²) >= 11 is 1.41. The number of carbonyl (C=O) groups excluding carboxylic acids is 1. The third kappa shape index (κ3) is 3.18. The number of likely N-dealkylation sites (tertiary alicyclic amines) is 1. The van der Waals surface area contributed by atoms with Crippen LogP contribution in [0.5, 0.6) is 0 Å². The number of halogens is 1. The molecule has 2 heterocycles. The van der Waals surface area contributed by atoms with E-state index in [-0.39, 0.29) is 17.8 Å². The molecule has 1 aromatic carbocycles. The normalized spacial score (nSPS) is 17.9. The smallest absolute Gasteiger partial charge is 0.273 e. The van der Waals surface area contributed by atoms with Crippen LogP contribution in [0, 0.1) is 5.82 Å². The Kier molecular flexibility index (Phi) is 4.49. The molecule has 1 aliphatic rings. The first-order valence-corrected chi connectivity index (χ1v) is 8.25. The Balaban J connectivity index is 1.73. The molecule has 1 aliphatic heterocycles. The lowest BCUT2D eigenvalue weighted by molar-refractivity contribution is 0.0731. The molecule has 0 saturated carbocycles. The molecule has 0 spiro atoms. The predicted octanol–water partition coefficient (Wildman–Crippen LogP) is 2.59. The Morgan fingerprint density at radius 1 is 1.50 bits per heavy atom. The van der Waals surface area contributed by atoms with Crippen molar-refractivity contribution in [2.24, 2.45) is 5.73 Å². The van der Waals surface area contributed by atoms with Crippen LogP contribution >= 0.6 is 11.3 Å². The Morgan fingerprint density at radius 3 is 3.09 bits per heavy atom. The monoisotopic (exact) mass is 319 g/mol. The van der Waals surface area contributed by atoms with Gasteiger partial charge in [-0.3, -0.25) is 4.79 Å². The maximum absolute atomic E-state index is 13.3. The molecule has 4 nitrogen and oxygen atoms in total. The number of hydrogen-bond donors (Lipinski definition) is 1. The van der Waals surface area contributed by atoms with E-state index >= 15 is 0 Å². The molecule has 1 fully saturated rings. The van der Waals surface area contributed by atoms with Gasteiger partial charge in [-0.2, -0.15) is 0 Å². The van der Waals surface area contributed by atoms with Crippen LogP contribution < -0.4 is 5.73 Å². The average molecular weight is 319 g/mol. The van der Waals surface area contributed by atoms with Crippen molar-refractivity contribution in [3.8, 4) is 0 Å². The minimum absolute atomic E-state index is 0.0464. The van der Waals surface area contributed by atoms with Gasteiger partial charge in [-0.25, -0.2) is 9.37 Å². The van der Waals surface area contributed by atoms with Crippen molar-refractivity contribution in [3.05, 3.63) is 51.7 Å². The highest BCUT2D eigenvalue weighted by atomic mass is 32.1. The summed E-state index contributed by atoms with van der Waals surface area (Å²) in [5.74, 6) is -0.282. The highest BCUT2D eigenvalue weighted by molar-refractivity contribution is 7.09. The zero-order valence-corrected chi connectivity index (χ0v) is 13.0. The molecule has 0 bridgehead atoms. The SMILES string of the molecule is NCc1nc(C(=O)N2CCCC2Cc2cccc(F)c2)cs1. The summed E-state index contributed by atoms with van der Waals surface area (Å²) in [6.45, 7) is 1.08. The highest BCUT2D eigenvalue weighted by Crippen LogP contribution is 2.24. The van der Waals surface area contributed by atoms with Crippen molar-refractivity contribution in [2.45, 2.75) is 31.8 Å². The predicted molar refractivity (Wildman–Crippen MR) is 84.2 cm³/mol. The van der Waals surface area contributed by atoms with E-state index in [2.05, 4.69) is 4.98 Å². The van der Waals surface area contributed by atoms with Gasteiger partial charge in [-0.1, -0.05) is 12.1 Å². The van der Waals surface area contributed by atoms with Crippen LogP contribution in [0.1, 0.15) is 33.9 Å². The van der Waals surface area contributed by atoms with Crippen molar-refractivity contribution >= 4 is 17.2 Å². The van der Waals surface area contributed by atoms with E-state index in [4.69, 9.17) is 5.73 Å². The molecule has 0 radical (unpaired) electrons. The number of benzene rings is 1. The van der Waals surface area contributed by atoms with Gasteiger partial charge >= 0.3 is 0 Å². The summed E-state index contributed by atoms with van der Waals surface area (Å²) in [6, 6.07) is 6.69. The number of hydrogen-bond acceptors (Lipinski definition) is 4. The van der Waals surface area contributed by atoms with Crippen molar-refractivity contribution in [3.63, 3.8) is 0 Å². The third-order valence-electron chi connectivity index (χ3n) is 3.94. The van der Waals surface area contributed by atoms with Crippen molar-refractivity contribution < 1.29 is 9.18 Å². The van der Waals surface area contributed by atoms with Gasteiger partial charge in [-0.05, 0) is 37.0 Å². The van der Waals surface area contributed by atoms with Crippen LogP contribution in [-0.2, 0) is 13.0 Å². The Labute approximate surface area is 132 Å². The number of thiazole rings is 1. The molecular formula is C16H18FN3OS. The van der Waals surface area contributed by atoms with Gasteiger partial charge in [0.25, 0.3) is 5.91 Å². The molecule has 116 valence electrons. The summed E-state index contributed by atoms with van der Waals surface area (Å²) in [5, 5.41) is 2.53. The van der Waals surface area contributed by atoms with Crippen molar-refractivity contribution in [1.82, 2.24) is 9.88 Å². The first kappa shape index (κ1) is 15.1. The number of rotatable bonds is 4. The van der Waals surface area contributed by atoms with Crippen molar-refractivity contribution in [1.29, 1.82) is 0 Å². The highest BCUT2D eigenvalue weighted by Gasteiger charge is 2.30. The zero-order valence-electron chi connectivity index (χ0n) is 12.2. The Morgan fingerprint density at radius 2 is 2.36 bits per heavy atom. The van der Waals surface area contributed by atoms with Crippen LogP contribution in [0.15, 0.2) is 29.6 Å². The Bertz CT molecular complexity index is 673. The lowest BCUT2D eigenvalue weighted by atomic mass is 10.0. The minimum Gasteiger partial charge on any atom is -0.334 e. The number of nitrogens with two attached hydrogens (primary N) is 1. The standard InChI is InChI=1S/C16H18FN3OS/c17-12-4-1-3-11(7-12)8-13-5-2-6-20(13)16(21)14-10-22-15(9-18)19-14/h1,3-4,7,10,13H,2,5-6,8-9,18H2. The molecule has 22 heavy (non-hydrogen) atoms. The quantitative estimate of drug-likeness (QED) is 0.942. The van der Waals surface area contributed by atoms with Crippen LogP contribution in [0.3, 0.4) is 0 Å². The van der Waals surface area contributed by atoms with E-state index in [0.29, 0.717) is 18.7 Å². The molecule has 6 heteroatoms. The second-order valence-electron chi connectivity index (χ2n) is 5.46. The molecule has 1 amide bonds. The number of carbonyl (C=O) groups is 1. The van der Waals surface area contributed by atoms with Gasteiger partial charge in [0, 0.05) is 24.5 Å². The first-order valence-electron chi connectivity index (χ1n) is 7.37. The van der Waals surface area contributed by atoms with Crippen LogP contribution in [0.25, 0.3) is 0 Å². The summed E-state index contributed by atoms with van der Waals surface area (Å²) in [4.78, 5) is 18.7. The molecule has 2 aromatic rings. The molecule has 3 rings (SSSR count). The fourth-order valence-electron chi connectivity index (χ4n) is 2.90. The van der Waals surface area contributed by atoms with Crippen molar-refractivity contribution in [2.75, 3.05) is 6.54 Å². The van der Waals surface area contributed by atoms with Gasteiger partial charge in [0.1, 0.15) is 16.5 Å². The van der Waals surface area contributed by atoms with Crippen LogP contribution in [0.2, 0.25) is 0 Å². The molecular weight excluding hydrogens is 301 g/mol. The van der Waals surface area contributed by atoms with Gasteiger partial charge < -0.3 is 10.6 Å². The zero-order chi connectivity index (χ0) is 15.5. The molecule has 2 N–H and O–H groups in total. The van der Waals surface area contributed by atoms with E-state index in [9.17, 15) is 9.18 Å². The number of nitrogens with zero attached hydrogens (tertiary/aromatic N) is 2. The second-order valence-corrected chi connectivity index (χ2v) is 6.40. The Hall–Kier alpha value is -1.79. The third-order valence-corrected chi connectivity index (χ3v) is 4.81. The van der Waals surface area contributed by atoms with E-state index < -0.39 is 0 Å². The lowest BCUT2D eigenvalue weighted by Crippen LogP contribution is -2.37.